The number of hydrogen-bond donors (Lipinski definition) is 1. The summed E-state index contributed by atoms with van der Waals surface area (Å²) in [6, 6.07) is 13.2. The maximum Gasteiger partial charge on any atom is 0.573 e. The summed E-state index contributed by atoms with van der Waals surface area (Å²) in [5.74, 6) is -0.230. The highest BCUT2D eigenvalue weighted by molar-refractivity contribution is 5.85. The van der Waals surface area contributed by atoms with E-state index in [1.165, 1.54) is 18.2 Å². The first-order valence-electron chi connectivity index (χ1n) is 6.07. The van der Waals surface area contributed by atoms with E-state index in [0.717, 1.165) is 11.1 Å². The molecule has 0 aliphatic carbocycles. The molecule has 0 amide bonds. The van der Waals surface area contributed by atoms with Crippen molar-refractivity contribution >= 4 is 12.4 Å². The molecule has 0 unspecified atom stereocenters. The Balaban J connectivity index is 0.00000220. The Hall–Kier alpha value is -1.72. The molecule has 1 atom stereocenters. The average molecular weight is 318 g/mol. The lowest BCUT2D eigenvalue weighted by Crippen LogP contribution is -2.17. The Kier molecular flexibility index (Phi) is 5.63. The molecule has 114 valence electrons. The minimum Gasteiger partial charge on any atom is -0.406 e. The van der Waals surface area contributed by atoms with Crippen molar-refractivity contribution in [2.45, 2.75) is 19.3 Å². The Morgan fingerprint density at radius 3 is 2.14 bits per heavy atom. The van der Waals surface area contributed by atoms with Gasteiger partial charge in [-0.05, 0) is 35.7 Å². The van der Waals surface area contributed by atoms with E-state index in [1.54, 1.807) is 6.07 Å². The minimum absolute atomic E-state index is 0. The van der Waals surface area contributed by atoms with Crippen LogP contribution in [0, 0.1) is 0 Å². The summed E-state index contributed by atoms with van der Waals surface area (Å²) in [6.45, 7) is 1.87. The molecule has 2 aromatic carbocycles. The van der Waals surface area contributed by atoms with Gasteiger partial charge in [0.25, 0.3) is 0 Å². The summed E-state index contributed by atoms with van der Waals surface area (Å²) in [6.07, 6.45) is -4.68. The molecule has 0 spiro atoms. The van der Waals surface area contributed by atoms with Crippen molar-refractivity contribution in [1.29, 1.82) is 0 Å². The first-order chi connectivity index (χ1) is 9.35. The standard InChI is InChI=1S/C15H14F3NO.ClH/c1-10(19)11-5-7-12(8-6-11)13-3-2-4-14(9-13)20-15(16,17)18;/h2-10H,19H2,1H3;1H/t10-;/m0./s1. The van der Waals surface area contributed by atoms with Crippen molar-refractivity contribution in [3.63, 3.8) is 0 Å². The zero-order chi connectivity index (χ0) is 14.8. The van der Waals surface area contributed by atoms with Crippen LogP contribution in [0.2, 0.25) is 0 Å². The fourth-order valence-electron chi connectivity index (χ4n) is 1.85. The molecule has 0 fully saturated rings. The first kappa shape index (κ1) is 17.3. The normalized spacial score (nSPS) is 12.4. The van der Waals surface area contributed by atoms with Gasteiger partial charge < -0.3 is 10.5 Å². The second-order valence-corrected chi connectivity index (χ2v) is 4.49. The topological polar surface area (TPSA) is 35.2 Å². The molecule has 0 aliphatic heterocycles. The number of rotatable bonds is 3. The highest BCUT2D eigenvalue weighted by atomic mass is 35.5. The molecule has 0 saturated carbocycles. The van der Waals surface area contributed by atoms with Gasteiger partial charge in [0.15, 0.2) is 0 Å². The van der Waals surface area contributed by atoms with Crippen molar-refractivity contribution < 1.29 is 17.9 Å². The fourth-order valence-corrected chi connectivity index (χ4v) is 1.85. The molecular weight excluding hydrogens is 303 g/mol. The van der Waals surface area contributed by atoms with Gasteiger partial charge in [0.1, 0.15) is 5.75 Å². The lowest BCUT2D eigenvalue weighted by molar-refractivity contribution is -0.274. The smallest absolute Gasteiger partial charge is 0.406 e. The zero-order valence-corrected chi connectivity index (χ0v) is 12.0. The fraction of sp³-hybridized carbons (Fsp3) is 0.200. The van der Waals surface area contributed by atoms with Gasteiger partial charge in [0.2, 0.25) is 0 Å². The minimum atomic E-state index is -4.68. The number of alkyl halides is 3. The van der Waals surface area contributed by atoms with E-state index in [0.29, 0.717) is 5.56 Å². The van der Waals surface area contributed by atoms with Crippen molar-refractivity contribution in [2.24, 2.45) is 5.73 Å². The van der Waals surface area contributed by atoms with Gasteiger partial charge in [-0.2, -0.15) is 0 Å². The van der Waals surface area contributed by atoms with Crippen LogP contribution in [-0.2, 0) is 0 Å². The van der Waals surface area contributed by atoms with Gasteiger partial charge in [-0.25, -0.2) is 0 Å². The third-order valence-electron chi connectivity index (χ3n) is 2.84. The van der Waals surface area contributed by atoms with Gasteiger partial charge in [-0.15, -0.1) is 25.6 Å². The van der Waals surface area contributed by atoms with Crippen molar-refractivity contribution in [3.8, 4) is 16.9 Å². The van der Waals surface area contributed by atoms with Crippen LogP contribution < -0.4 is 10.5 Å². The molecule has 2 N–H and O–H groups in total. The number of ether oxygens (including phenoxy) is 1. The lowest BCUT2D eigenvalue weighted by atomic mass is 10.0. The van der Waals surface area contributed by atoms with E-state index in [-0.39, 0.29) is 24.2 Å². The van der Waals surface area contributed by atoms with E-state index in [2.05, 4.69) is 4.74 Å². The van der Waals surface area contributed by atoms with E-state index in [9.17, 15) is 13.2 Å². The molecular formula is C15H15ClF3NO. The molecule has 0 heterocycles. The van der Waals surface area contributed by atoms with Gasteiger partial charge in [0.05, 0.1) is 0 Å². The van der Waals surface area contributed by atoms with Gasteiger partial charge >= 0.3 is 6.36 Å². The largest absolute Gasteiger partial charge is 0.573 e. The predicted molar refractivity (Wildman–Crippen MR) is 78.4 cm³/mol. The molecule has 0 aliphatic rings. The van der Waals surface area contributed by atoms with E-state index < -0.39 is 6.36 Å². The molecule has 21 heavy (non-hydrogen) atoms. The van der Waals surface area contributed by atoms with Crippen molar-refractivity contribution in [3.05, 3.63) is 54.1 Å². The molecule has 0 radical (unpaired) electrons. The van der Waals surface area contributed by atoms with Gasteiger partial charge in [-0.1, -0.05) is 36.4 Å². The predicted octanol–water partition coefficient (Wildman–Crippen LogP) is 4.69. The van der Waals surface area contributed by atoms with Crippen LogP contribution in [0.15, 0.2) is 48.5 Å². The Bertz CT molecular complexity index is 582. The molecule has 0 bridgehead atoms. The monoisotopic (exact) mass is 317 g/mol. The van der Waals surface area contributed by atoms with Crippen LogP contribution in [-0.4, -0.2) is 6.36 Å². The average Bonchev–Trinajstić information content (AvgIpc) is 2.37. The van der Waals surface area contributed by atoms with Crippen molar-refractivity contribution in [2.75, 3.05) is 0 Å². The van der Waals surface area contributed by atoms with Crippen LogP contribution in [0.4, 0.5) is 13.2 Å². The second kappa shape index (κ2) is 6.83. The molecule has 2 aromatic rings. The summed E-state index contributed by atoms with van der Waals surface area (Å²) < 4.78 is 40.4. The molecule has 2 rings (SSSR count). The second-order valence-electron chi connectivity index (χ2n) is 4.49. The number of benzene rings is 2. The summed E-state index contributed by atoms with van der Waals surface area (Å²) in [7, 11) is 0. The maximum atomic E-state index is 12.2. The lowest BCUT2D eigenvalue weighted by Gasteiger charge is -2.11. The van der Waals surface area contributed by atoms with Crippen LogP contribution in [0.3, 0.4) is 0 Å². The van der Waals surface area contributed by atoms with E-state index >= 15 is 0 Å². The van der Waals surface area contributed by atoms with Crippen LogP contribution in [0.1, 0.15) is 18.5 Å². The number of halogens is 4. The third kappa shape index (κ3) is 4.95. The van der Waals surface area contributed by atoms with E-state index in [1.807, 2.05) is 31.2 Å². The third-order valence-corrected chi connectivity index (χ3v) is 2.84. The summed E-state index contributed by atoms with van der Waals surface area (Å²) in [5.41, 5.74) is 8.18. The Morgan fingerprint density at radius 1 is 1.00 bits per heavy atom. The van der Waals surface area contributed by atoms with Crippen LogP contribution in [0.5, 0.6) is 5.75 Å². The van der Waals surface area contributed by atoms with Crippen LogP contribution in [0.25, 0.3) is 11.1 Å². The van der Waals surface area contributed by atoms with E-state index in [4.69, 9.17) is 5.73 Å². The molecule has 2 nitrogen and oxygen atoms in total. The Morgan fingerprint density at radius 2 is 1.62 bits per heavy atom. The Labute approximate surface area is 127 Å². The summed E-state index contributed by atoms with van der Waals surface area (Å²) in [4.78, 5) is 0. The molecule has 6 heteroatoms. The van der Waals surface area contributed by atoms with Gasteiger partial charge in [-0.3, -0.25) is 0 Å². The van der Waals surface area contributed by atoms with Gasteiger partial charge in [0, 0.05) is 6.04 Å². The molecule has 0 saturated heterocycles. The number of nitrogens with two attached hydrogens (primary N) is 1. The first-order valence-corrected chi connectivity index (χ1v) is 6.07. The highest BCUT2D eigenvalue weighted by Crippen LogP contribution is 2.28. The maximum absolute atomic E-state index is 12.2. The quantitative estimate of drug-likeness (QED) is 0.891. The number of hydrogen-bond acceptors (Lipinski definition) is 2. The molecule has 0 aromatic heterocycles. The van der Waals surface area contributed by atoms with Crippen molar-refractivity contribution in [1.82, 2.24) is 0 Å². The zero-order valence-electron chi connectivity index (χ0n) is 11.2. The summed E-state index contributed by atoms with van der Waals surface area (Å²) in [5, 5.41) is 0. The highest BCUT2D eigenvalue weighted by Gasteiger charge is 2.31. The van der Waals surface area contributed by atoms with Crippen LogP contribution >= 0.6 is 12.4 Å². The SMILES string of the molecule is C[C@H](N)c1ccc(-c2cccc(OC(F)(F)F)c2)cc1.Cl. The summed E-state index contributed by atoms with van der Waals surface area (Å²) >= 11 is 0.